The van der Waals surface area contributed by atoms with Gasteiger partial charge in [-0.25, -0.2) is 9.13 Å². The van der Waals surface area contributed by atoms with E-state index in [1.54, 1.807) is 0 Å². The van der Waals surface area contributed by atoms with Gasteiger partial charge in [-0.15, -0.1) is 0 Å². The summed E-state index contributed by atoms with van der Waals surface area (Å²) in [4.78, 5) is 72.8. The molecule has 0 aliphatic rings. The molecular weight excluding hydrogens is 1280 g/mol. The number of hydrogen-bond donors (Lipinski definition) is 3. The summed E-state index contributed by atoms with van der Waals surface area (Å²) in [5.74, 6) is -2.26. The number of rotatable bonds is 73. The lowest BCUT2D eigenvalue weighted by Gasteiger charge is -2.21. The Labute approximate surface area is 595 Å². The normalized spacial score (nSPS) is 14.4. The summed E-state index contributed by atoms with van der Waals surface area (Å²) in [6.45, 7) is 4.67. The summed E-state index contributed by atoms with van der Waals surface area (Å²) in [6.07, 6.45) is 73.1. The van der Waals surface area contributed by atoms with E-state index in [-0.39, 0.29) is 25.7 Å². The molecule has 5 atom stereocenters. The lowest BCUT2D eigenvalue weighted by Crippen LogP contribution is -2.30. The highest BCUT2D eigenvalue weighted by Gasteiger charge is 2.30. The van der Waals surface area contributed by atoms with Crippen molar-refractivity contribution >= 4 is 39.5 Å². The van der Waals surface area contributed by atoms with Crippen LogP contribution in [0.15, 0.2) is 85.1 Å². The van der Waals surface area contributed by atoms with Gasteiger partial charge in [-0.2, -0.15) is 0 Å². The van der Waals surface area contributed by atoms with Crippen molar-refractivity contribution in [3.8, 4) is 0 Å². The van der Waals surface area contributed by atoms with Crippen molar-refractivity contribution in [2.75, 3.05) is 39.6 Å². The molecule has 19 heteroatoms. The van der Waals surface area contributed by atoms with Gasteiger partial charge in [0.1, 0.15) is 19.3 Å². The maximum Gasteiger partial charge on any atom is 0.472 e. The van der Waals surface area contributed by atoms with E-state index in [1.165, 1.54) is 135 Å². The van der Waals surface area contributed by atoms with Crippen LogP contribution in [0.1, 0.15) is 336 Å². The molecule has 0 heterocycles. The van der Waals surface area contributed by atoms with Crippen LogP contribution in [0.5, 0.6) is 0 Å². The molecule has 568 valence electrons. The highest BCUT2D eigenvalue weighted by molar-refractivity contribution is 7.47. The minimum absolute atomic E-state index is 0.0360. The van der Waals surface area contributed by atoms with Crippen LogP contribution in [0.25, 0.3) is 0 Å². The largest absolute Gasteiger partial charge is 0.472 e. The lowest BCUT2D eigenvalue weighted by atomic mass is 10.0. The van der Waals surface area contributed by atoms with Gasteiger partial charge in [-0.3, -0.25) is 37.3 Å². The van der Waals surface area contributed by atoms with Crippen molar-refractivity contribution in [3.63, 3.8) is 0 Å². The Morgan fingerprint density at radius 1 is 0.296 bits per heavy atom. The highest BCUT2D eigenvalue weighted by atomic mass is 31.2. The Morgan fingerprint density at radius 3 is 0.908 bits per heavy atom. The third-order valence-corrected chi connectivity index (χ3v) is 18.3. The summed E-state index contributed by atoms with van der Waals surface area (Å²) < 4.78 is 68.4. The molecule has 98 heavy (non-hydrogen) atoms. The zero-order valence-corrected chi connectivity index (χ0v) is 63.7. The topological polar surface area (TPSA) is 237 Å². The zero-order valence-electron chi connectivity index (χ0n) is 62.0. The number of carbonyl (C=O) groups is 4. The second-order valence-electron chi connectivity index (χ2n) is 25.9. The Kier molecular flexibility index (Phi) is 68.9. The lowest BCUT2D eigenvalue weighted by molar-refractivity contribution is -0.161. The summed E-state index contributed by atoms with van der Waals surface area (Å²) >= 11 is 0. The number of aliphatic hydroxyl groups is 1. The van der Waals surface area contributed by atoms with Crippen LogP contribution in [0.2, 0.25) is 0 Å². The van der Waals surface area contributed by atoms with Crippen molar-refractivity contribution < 1.29 is 80.2 Å². The second kappa shape index (κ2) is 71.6. The van der Waals surface area contributed by atoms with Crippen molar-refractivity contribution in [1.29, 1.82) is 0 Å². The van der Waals surface area contributed by atoms with E-state index < -0.39 is 97.5 Å². The maximum atomic E-state index is 13.1. The van der Waals surface area contributed by atoms with E-state index in [9.17, 15) is 43.2 Å². The Hall–Kier alpha value is -3.76. The Bertz CT molecular complexity index is 2190. The highest BCUT2D eigenvalue weighted by Crippen LogP contribution is 2.45. The predicted octanol–water partition coefficient (Wildman–Crippen LogP) is 22.2. The Morgan fingerprint density at radius 2 is 0.561 bits per heavy atom. The van der Waals surface area contributed by atoms with E-state index in [2.05, 4.69) is 94.5 Å². The average Bonchev–Trinajstić information content (AvgIpc) is 1.00. The van der Waals surface area contributed by atoms with E-state index in [4.69, 9.17) is 37.0 Å². The average molecular weight is 1420 g/mol. The van der Waals surface area contributed by atoms with Crippen LogP contribution >= 0.6 is 15.6 Å². The first kappa shape index (κ1) is 94.2. The standard InChI is InChI=1S/C79H140O17P2/c1-5-9-13-17-21-25-29-32-34-35-36-37-39-42-45-48-52-56-60-64-77(82)89-69-74(95-78(83)65-61-57-53-49-43-28-24-20-16-12-8-4)71-93-97(85,86)91-67-73(80)68-92-98(87,88)94-72-75(96-79(84)66-62-58-54-50-46-40-31-27-23-19-15-11-7-3)70-90-76(81)63-59-55-51-47-44-41-38-33-30-26-22-18-14-10-6-2/h9,13,20-21,24-25,32,34,36-37,42,45,52,56,73-75,80H,5-8,10-12,14-19,22-23,26-31,33,35,38-41,43-44,46-51,53-55,57-72H2,1-4H3,(H,85,86)(H,87,88)/b13-9-,24-20-,25-21-,34-32-,37-36-,45-42-,56-52-. The van der Waals surface area contributed by atoms with Gasteiger partial charge in [-0.05, 0) is 83.5 Å². The molecule has 0 aromatic rings. The fourth-order valence-electron chi connectivity index (χ4n) is 10.5. The molecule has 0 aliphatic carbocycles. The molecule has 0 bridgehead atoms. The van der Waals surface area contributed by atoms with Gasteiger partial charge in [0.25, 0.3) is 0 Å². The first-order valence-electron chi connectivity index (χ1n) is 38.8. The summed E-state index contributed by atoms with van der Waals surface area (Å²) in [5, 5.41) is 10.6. The molecule has 0 aromatic carbocycles. The quantitative estimate of drug-likeness (QED) is 0.0169. The van der Waals surface area contributed by atoms with Crippen molar-refractivity contribution in [1.82, 2.24) is 0 Å². The van der Waals surface area contributed by atoms with Crippen LogP contribution in [-0.4, -0.2) is 96.7 Å². The second-order valence-corrected chi connectivity index (χ2v) is 28.8. The monoisotopic (exact) mass is 1420 g/mol. The van der Waals surface area contributed by atoms with Crippen LogP contribution < -0.4 is 0 Å². The molecule has 0 fully saturated rings. The number of ether oxygens (including phenoxy) is 4. The van der Waals surface area contributed by atoms with E-state index in [0.717, 1.165) is 116 Å². The minimum Gasteiger partial charge on any atom is -0.462 e. The molecule has 17 nitrogen and oxygen atoms in total. The minimum atomic E-state index is -4.99. The fourth-order valence-corrected chi connectivity index (χ4v) is 12.0. The Balaban J connectivity index is 5.34. The van der Waals surface area contributed by atoms with Crippen molar-refractivity contribution in [2.45, 2.75) is 354 Å². The number of esters is 4. The molecule has 0 spiro atoms. The molecular formula is C79H140O17P2. The predicted molar refractivity (Wildman–Crippen MR) is 399 cm³/mol. The van der Waals surface area contributed by atoms with Crippen molar-refractivity contribution in [3.05, 3.63) is 85.1 Å². The van der Waals surface area contributed by atoms with Crippen LogP contribution in [0.3, 0.4) is 0 Å². The van der Waals surface area contributed by atoms with Crippen LogP contribution in [-0.2, 0) is 65.4 Å². The van der Waals surface area contributed by atoms with Crippen LogP contribution in [0.4, 0.5) is 0 Å². The van der Waals surface area contributed by atoms with E-state index in [0.29, 0.717) is 32.1 Å². The zero-order chi connectivity index (χ0) is 71.8. The summed E-state index contributed by atoms with van der Waals surface area (Å²) in [6, 6.07) is 0. The van der Waals surface area contributed by atoms with Crippen LogP contribution in [0, 0.1) is 0 Å². The number of allylic oxidation sites excluding steroid dienone is 14. The van der Waals surface area contributed by atoms with Gasteiger partial charge in [-0.1, -0.05) is 312 Å². The number of carbonyl (C=O) groups excluding carboxylic acids is 4. The number of hydrogen-bond acceptors (Lipinski definition) is 15. The third-order valence-electron chi connectivity index (χ3n) is 16.4. The molecule has 3 N–H and O–H groups in total. The number of aliphatic hydroxyl groups excluding tert-OH is 1. The first-order chi connectivity index (χ1) is 47.7. The van der Waals surface area contributed by atoms with Gasteiger partial charge >= 0.3 is 39.5 Å². The molecule has 0 saturated heterocycles. The van der Waals surface area contributed by atoms with Crippen molar-refractivity contribution in [2.24, 2.45) is 0 Å². The number of phosphoric acid groups is 2. The first-order valence-corrected chi connectivity index (χ1v) is 41.8. The van der Waals surface area contributed by atoms with Gasteiger partial charge in [0, 0.05) is 25.7 Å². The van der Waals surface area contributed by atoms with E-state index >= 15 is 0 Å². The molecule has 0 saturated carbocycles. The smallest absolute Gasteiger partial charge is 0.462 e. The molecule has 0 aliphatic heterocycles. The maximum absolute atomic E-state index is 13.1. The molecule has 0 radical (unpaired) electrons. The fraction of sp³-hybridized carbons (Fsp3) is 0.772. The van der Waals surface area contributed by atoms with Gasteiger partial charge in [0.2, 0.25) is 0 Å². The molecule has 5 unspecified atom stereocenters. The third kappa shape index (κ3) is 70.7. The summed E-state index contributed by atoms with van der Waals surface area (Å²) in [5.41, 5.74) is 0. The molecule has 0 amide bonds. The van der Waals surface area contributed by atoms with E-state index in [1.807, 2.05) is 18.2 Å². The number of phosphoric ester groups is 2. The van der Waals surface area contributed by atoms with Gasteiger partial charge in [0.05, 0.1) is 26.4 Å². The van der Waals surface area contributed by atoms with Gasteiger partial charge < -0.3 is 33.8 Å². The molecule has 0 aromatic heterocycles. The molecule has 0 rings (SSSR count). The SMILES string of the molecule is CC/C=C\C/C=C\C/C=C\C/C=C\C/C=C\C/C=C\CCC(=O)OCC(COP(=O)(O)OCC(O)COP(=O)(O)OCC(COC(=O)CCCCCCCCCCCCCCCCC)OC(=O)CCCCCCCCCCCCCCC)OC(=O)CCCCCCC/C=C\CCCC. The van der Waals surface area contributed by atoms with Gasteiger partial charge in [0.15, 0.2) is 12.2 Å². The summed E-state index contributed by atoms with van der Waals surface area (Å²) in [7, 11) is -9.96. The number of unbranched alkanes of at least 4 members (excludes halogenated alkanes) is 33.